The minimum atomic E-state index is -0.202. The lowest BCUT2D eigenvalue weighted by atomic mass is 9.80. The Bertz CT molecular complexity index is 572. The van der Waals surface area contributed by atoms with Crippen LogP contribution in [-0.4, -0.2) is 0 Å². The number of thiophene rings is 1. The Balaban J connectivity index is 1.83. The van der Waals surface area contributed by atoms with Crippen molar-refractivity contribution in [2.45, 2.75) is 31.2 Å². The van der Waals surface area contributed by atoms with Crippen molar-refractivity contribution >= 4 is 34.5 Å². The summed E-state index contributed by atoms with van der Waals surface area (Å²) < 4.78 is 1.36. The van der Waals surface area contributed by atoms with Gasteiger partial charge in [-0.3, -0.25) is 0 Å². The van der Waals surface area contributed by atoms with Gasteiger partial charge in [0, 0.05) is 5.56 Å². The van der Waals surface area contributed by atoms with Crippen LogP contribution in [0.1, 0.15) is 47.9 Å². The molecule has 0 aliphatic heterocycles. The third kappa shape index (κ3) is 2.68. The van der Waals surface area contributed by atoms with Crippen molar-refractivity contribution in [2.24, 2.45) is 5.73 Å². The Morgan fingerprint density at radius 3 is 2.32 bits per heavy atom. The predicted molar refractivity (Wildman–Crippen MR) is 83.4 cm³/mol. The maximum Gasteiger partial charge on any atom is 0.0995 e. The van der Waals surface area contributed by atoms with Crippen LogP contribution in [-0.2, 0) is 0 Å². The highest BCUT2D eigenvalue weighted by molar-refractivity contribution is 7.20. The van der Waals surface area contributed by atoms with Gasteiger partial charge in [-0.15, -0.1) is 11.3 Å². The molecule has 1 fully saturated rings. The smallest absolute Gasteiger partial charge is 0.0995 e. The zero-order valence-electron chi connectivity index (χ0n) is 10.4. The second kappa shape index (κ2) is 5.45. The summed E-state index contributed by atoms with van der Waals surface area (Å²) in [6.07, 6.45) is 3.99. The van der Waals surface area contributed by atoms with Crippen LogP contribution in [0, 0.1) is 0 Å². The molecule has 1 aromatic heterocycles. The molecule has 2 aromatic rings. The van der Waals surface area contributed by atoms with E-state index in [0.717, 1.165) is 17.0 Å². The summed E-state index contributed by atoms with van der Waals surface area (Å²) in [4.78, 5) is 0. The van der Waals surface area contributed by atoms with Gasteiger partial charge in [0.05, 0.1) is 14.7 Å². The van der Waals surface area contributed by atoms with Crippen molar-refractivity contribution in [2.75, 3.05) is 0 Å². The molecular formula is C15H15Cl2NS. The van der Waals surface area contributed by atoms with E-state index in [1.54, 1.807) is 0 Å². The quantitative estimate of drug-likeness (QED) is 0.810. The molecule has 100 valence electrons. The van der Waals surface area contributed by atoms with Gasteiger partial charge >= 0.3 is 0 Å². The average molecular weight is 312 g/mol. The fraction of sp³-hybridized carbons (Fsp3) is 0.333. The summed E-state index contributed by atoms with van der Waals surface area (Å²) >= 11 is 13.5. The molecule has 0 radical (unpaired) electrons. The summed E-state index contributed by atoms with van der Waals surface area (Å²) in [5.74, 6) is 0.754. The highest BCUT2D eigenvalue weighted by Gasteiger charge is 2.20. The van der Waals surface area contributed by atoms with Crippen LogP contribution < -0.4 is 5.73 Å². The van der Waals surface area contributed by atoms with E-state index in [-0.39, 0.29) is 6.04 Å². The van der Waals surface area contributed by atoms with E-state index in [2.05, 4.69) is 24.3 Å². The fourth-order valence-electron chi connectivity index (χ4n) is 2.46. The summed E-state index contributed by atoms with van der Waals surface area (Å²) in [5.41, 5.74) is 9.69. The van der Waals surface area contributed by atoms with E-state index in [9.17, 15) is 0 Å². The second-order valence-corrected chi connectivity index (χ2v) is 7.34. The zero-order chi connectivity index (χ0) is 13.4. The Labute approximate surface area is 127 Å². The number of halogens is 2. The molecule has 0 spiro atoms. The van der Waals surface area contributed by atoms with Crippen LogP contribution in [0.15, 0.2) is 30.3 Å². The highest BCUT2D eigenvalue weighted by atomic mass is 35.5. The number of hydrogen-bond donors (Lipinski definition) is 1. The van der Waals surface area contributed by atoms with Gasteiger partial charge in [-0.1, -0.05) is 53.9 Å². The lowest BCUT2D eigenvalue weighted by molar-refractivity contribution is 0.419. The van der Waals surface area contributed by atoms with Crippen molar-refractivity contribution in [1.29, 1.82) is 0 Å². The molecule has 0 amide bonds. The Morgan fingerprint density at radius 1 is 1.16 bits per heavy atom. The molecule has 1 nitrogen and oxygen atoms in total. The number of nitrogens with two attached hydrogens (primary N) is 1. The van der Waals surface area contributed by atoms with Crippen LogP contribution in [0.4, 0.5) is 0 Å². The molecule has 1 heterocycles. The first-order valence-corrected chi connectivity index (χ1v) is 8.02. The normalized spacial score (nSPS) is 17.2. The van der Waals surface area contributed by atoms with Crippen LogP contribution in [0.3, 0.4) is 0 Å². The molecule has 1 saturated carbocycles. The van der Waals surface area contributed by atoms with Gasteiger partial charge in [-0.2, -0.15) is 0 Å². The zero-order valence-corrected chi connectivity index (χ0v) is 12.7. The molecular weight excluding hydrogens is 297 g/mol. The lowest BCUT2D eigenvalue weighted by Crippen LogP contribution is -2.12. The van der Waals surface area contributed by atoms with E-state index in [1.807, 2.05) is 6.07 Å². The van der Waals surface area contributed by atoms with E-state index in [1.165, 1.54) is 36.2 Å². The molecule has 1 unspecified atom stereocenters. The van der Waals surface area contributed by atoms with Crippen LogP contribution >= 0.6 is 34.5 Å². The third-order valence-electron chi connectivity index (χ3n) is 3.89. The van der Waals surface area contributed by atoms with Crippen molar-refractivity contribution in [3.05, 3.63) is 55.7 Å². The van der Waals surface area contributed by atoms with E-state index >= 15 is 0 Å². The van der Waals surface area contributed by atoms with Crippen molar-refractivity contribution < 1.29 is 0 Å². The van der Waals surface area contributed by atoms with Gasteiger partial charge in [0.25, 0.3) is 0 Å². The largest absolute Gasteiger partial charge is 0.320 e. The minimum absolute atomic E-state index is 0.202. The molecule has 0 bridgehead atoms. The number of benzene rings is 1. The van der Waals surface area contributed by atoms with Gasteiger partial charge in [0.1, 0.15) is 0 Å². The van der Waals surface area contributed by atoms with Gasteiger partial charge in [0.2, 0.25) is 0 Å². The molecule has 4 heteroatoms. The Kier molecular flexibility index (Phi) is 3.86. The number of hydrogen-bond acceptors (Lipinski definition) is 2. The fourth-order valence-corrected chi connectivity index (χ4v) is 4.01. The first-order valence-electron chi connectivity index (χ1n) is 6.45. The standard InChI is InChI=1S/C15H15Cl2NS/c16-13-8-12(15(17)19-13)14(18)11-6-4-10(5-7-11)9-2-1-3-9/h4-9,14H,1-3,18H2. The Hall–Kier alpha value is -0.540. The molecule has 0 saturated heterocycles. The van der Waals surface area contributed by atoms with Crippen molar-refractivity contribution in [3.8, 4) is 0 Å². The third-order valence-corrected chi connectivity index (χ3v) is 5.41. The van der Waals surface area contributed by atoms with E-state index in [4.69, 9.17) is 28.9 Å². The summed E-state index contributed by atoms with van der Waals surface area (Å²) in [6, 6.07) is 10.3. The van der Waals surface area contributed by atoms with Crippen LogP contribution in [0.5, 0.6) is 0 Å². The predicted octanol–water partition coefficient (Wildman–Crippen LogP) is 5.37. The topological polar surface area (TPSA) is 26.0 Å². The van der Waals surface area contributed by atoms with E-state index in [0.29, 0.717) is 8.67 Å². The van der Waals surface area contributed by atoms with Gasteiger partial charge in [0.15, 0.2) is 0 Å². The highest BCUT2D eigenvalue weighted by Crippen LogP contribution is 2.38. The minimum Gasteiger partial charge on any atom is -0.320 e. The Morgan fingerprint density at radius 2 is 1.84 bits per heavy atom. The first-order chi connectivity index (χ1) is 9.15. The molecule has 1 aromatic carbocycles. The number of rotatable bonds is 3. The lowest BCUT2D eigenvalue weighted by Gasteiger charge is -2.26. The summed E-state index contributed by atoms with van der Waals surface area (Å²) in [6.45, 7) is 0. The van der Waals surface area contributed by atoms with Crippen molar-refractivity contribution in [3.63, 3.8) is 0 Å². The maximum absolute atomic E-state index is 6.27. The molecule has 2 N–H and O–H groups in total. The van der Waals surface area contributed by atoms with Crippen LogP contribution in [0.25, 0.3) is 0 Å². The maximum atomic E-state index is 6.27. The van der Waals surface area contributed by atoms with Crippen LogP contribution in [0.2, 0.25) is 8.67 Å². The summed E-state index contributed by atoms with van der Waals surface area (Å²) in [7, 11) is 0. The van der Waals surface area contributed by atoms with E-state index < -0.39 is 0 Å². The second-order valence-electron chi connectivity index (χ2n) is 5.05. The SMILES string of the molecule is NC(c1ccc(C2CCC2)cc1)c1cc(Cl)sc1Cl. The van der Waals surface area contributed by atoms with Crippen molar-refractivity contribution in [1.82, 2.24) is 0 Å². The molecule has 19 heavy (non-hydrogen) atoms. The van der Waals surface area contributed by atoms with Gasteiger partial charge in [-0.25, -0.2) is 0 Å². The van der Waals surface area contributed by atoms with Gasteiger partial charge in [-0.05, 0) is 36.0 Å². The first kappa shape index (κ1) is 13.4. The molecule has 1 atom stereocenters. The molecule has 1 aliphatic carbocycles. The molecule has 3 rings (SSSR count). The van der Waals surface area contributed by atoms with Gasteiger partial charge < -0.3 is 5.73 Å². The average Bonchev–Trinajstić information content (AvgIpc) is 2.66. The monoisotopic (exact) mass is 311 g/mol. The molecule has 1 aliphatic rings. The summed E-state index contributed by atoms with van der Waals surface area (Å²) in [5, 5.41) is 0.